The highest BCUT2D eigenvalue weighted by Crippen LogP contribution is 2.40. The van der Waals surface area contributed by atoms with Crippen LogP contribution in [0.1, 0.15) is 21.5 Å². The van der Waals surface area contributed by atoms with Crippen molar-refractivity contribution in [2.45, 2.75) is 11.3 Å². The molecule has 4 rings (SSSR count). The Morgan fingerprint density at radius 3 is 2.24 bits per heavy atom. The number of anilines is 1. The van der Waals surface area contributed by atoms with E-state index in [0.717, 1.165) is 16.0 Å². The number of hydrogen-bond donors (Lipinski definition) is 2. The molecule has 0 saturated heterocycles. The van der Waals surface area contributed by atoms with Crippen LogP contribution in [0.25, 0.3) is 6.08 Å². The number of fused-ring (bicyclic) bond motifs is 1. The molecule has 2 amide bonds. The van der Waals surface area contributed by atoms with Crippen LogP contribution in [-0.4, -0.2) is 46.8 Å². The third kappa shape index (κ3) is 6.00. The molecule has 0 aromatic heterocycles. The fourth-order valence-corrected chi connectivity index (χ4v) is 4.79. The van der Waals surface area contributed by atoms with Crippen molar-refractivity contribution < 1.29 is 28.5 Å². The zero-order chi connectivity index (χ0) is 26.4. The molecular weight excluding hydrogens is 492 g/mol. The molecule has 0 radical (unpaired) electrons. The van der Waals surface area contributed by atoms with E-state index >= 15 is 0 Å². The van der Waals surface area contributed by atoms with E-state index in [1.807, 2.05) is 36.4 Å². The lowest BCUT2D eigenvalue weighted by atomic mass is 10.1. The SMILES string of the molecule is COc1ccc(C=C2Sc3ccc(C(=O)NCCc4ccc(OC)c(OC)c4)cc3NC2=O)cc1OC. The predicted molar refractivity (Wildman–Crippen MR) is 144 cm³/mol. The molecule has 1 aliphatic rings. The number of rotatable bonds is 9. The molecule has 2 N–H and O–H groups in total. The molecule has 0 saturated carbocycles. The lowest BCUT2D eigenvalue weighted by Crippen LogP contribution is -2.26. The smallest absolute Gasteiger partial charge is 0.262 e. The minimum absolute atomic E-state index is 0.214. The molecule has 37 heavy (non-hydrogen) atoms. The van der Waals surface area contributed by atoms with Gasteiger partial charge < -0.3 is 29.6 Å². The summed E-state index contributed by atoms with van der Waals surface area (Å²) in [4.78, 5) is 26.9. The lowest BCUT2D eigenvalue weighted by Gasteiger charge is -2.19. The highest BCUT2D eigenvalue weighted by molar-refractivity contribution is 8.04. The average Bonchev–Trinajstić information content (AvgIpc) is 2.92. The number of ether oxygens (including phenoxy) is 4. The first-order valence-corrected chi connectivity index (χ1v) is 12.3. The van der Waals surface area contributed by atoms with Crippen LogP contribution in [0, 0.1) is 0 Å². The highest BCUT2D eigenvalue weighted by atomic mass is 32.2. The van der Waals surface area contributed by atoms with Crippen molar-refractivity contribution in [3.63, 3.8) is 0 Å². The largest absolute Gasteiger partial charge is 0.493 e. The standard InChI is InChI=1S/C28H28N2O6S/c1-33-21-8-5-17(13-23(21)35-3)11-12-29-27(31)19-7-10-25-20(16-19)30-28(32)26(37-25)15-18-6-9-22(34-2)24(14-18)36-4/h5-10,13-16H,11-12H2,1-4H3,(H,29,31)(H,30,32). The summed E-state index contributed by atoms with van der Waals surface area (Å²) in [5, 5.41) is 5.82. The van der Waals surface area contributed by atoms with E-state index < -0.39 is 0 Å². The van der Waals surface area contributed by atoms with Crippen molar-refractivity contribution in [2.24, 2.45) is 0 Å². The molecule has 0 unspecified atom stereocenters. The first-order chi connectivity index (χ1) is 17.9. The minimum Gasteiger partial charge on any atom is -0.493 e. The minimum atomic E-state index is -0.238. The first-order valence-electron chi connectivity index (χ1n) is 11.5. The van der Waals surface area contributed by atoms with Crippen LogP contribution < -0.4 is 29.6 Å². The predicted octanol–water partition coefficient (Wildman–Crippen LogP) is 4.78. The van der Waals surface area contributed by atoms with Crippen LogP contribution in [0.15, 0.2) is 64.4 Å². The summed E-state index contributed by atoms with van der Waals surface area (Å²) in [5.41, 5.74) is 2.90. The molecule has 1 heterocycles. The molecular formula is C28H28N2O6S. The van der Waals surface area contributed by atoms with Gasteiger partial charge in [-0.3, -0.25) is 9.59 Å². The molecule has 9 heteroatoms. The number of amides is 2. The molecule has 3 aromatic carbocycles. The van der Waals surface area contributed by atoms with Crippen LogP contribution >= 0.6 is 11.8 Å². The summed E-state index contributed by atoms with van der Waals surface area (Å²) in [5.74, 6) is 2.05. The summed E-state index contributed by atoms with van der Waals surface area (Å²) in [6.45, 7) is 0.449. The number of methoxy groups -OCH3 is 4. The van der Waals surface area contributed by atoms with Crippen LogP contribution in [0.3, 0.4) is 0 Å². The number of hydrogen-bond acceptors (Lipinski definition) is 7. The maximum Gasteiger partial charge on any atom is 0.262 e. The van der Waals surface area contributed by atoms with Gasteiger partial charge in [0.25, 0.3) is 11.8 Å². The van der Waals surface area contributed by atoms with E-state index in [-0.39, 0.29) is 11.8 Å². The second kappa shape index (κ2) is 11.7. The van der Waals surface area contributed by atoms with Crippen molar-refractivity contribution in [2.75, 3.05) is 40.3 Å². The summed E-state index contributed by atoms with van der Waals surface area (Å²) >= 11 is 1.35. The Labute approximate surface area is 219 Å². The quantitative estimate of drug-likeness (QED) is 0.392. The first kappa shape index (κ1) is 26.0. The van der Waals surface area contributed by atoms with Crippen LogP contribution in [0.2, 0.25) is 0 Å². The number of benzene rings is 3. The average molecular weight is 521 g/mol. The second-order valence-electron chi connectivity index (χ2n) is 8.09. The Morgan fingerprint density at radius 1 is 0.865 bits per heavy atom. The Morgan fingerprint density at radius 2 is 1.54 bits per heavy atom. The molecule has 1 aliphatic heterocycles. The summed E-state index contributed by atoms with van der Waals surface area (Å²) in [7, 11) is 6.32. The van der Waals surface area contributed by atoms with Crippen molar-refractivity contribution >= 4 is 35.3 Å². The van der Waals surface area contributed by atoms with Crippen molar-refractivity contribution in [3.8, 4) is 23.0 Å². The lowest BCUT2D eigenvalue weighted by molar-refractivity contribution is -0.112. The normalized spacial score (nSPS) is 13.4. The van der Waals surface area contributed by atoms with Gasteiger partial charge in [-0.05, 0) is 66.1 Å². The third-order valence-corrected chi connectivity index (χ3v) is 6.89. The van der Waals surface area contributed by atoms with E-state index in [1.54, 1.807) is 52.7 Å². The van der Waals surface area contributed by atoms with Crippen molar-refractivity contribution in [1.82, 2.24) is 5.32 Å². The van der Waals surface area contributed by atoms with Crippen LogP contribution in [0.5, 0.6) is 23.0 Å². The van der Waals surface area contributed by atoms with E-state index in [2.05, 4.69) is 10.6 Å². The molecule has 0 aliphatic carbocycles. The molecule has 0 spiro atoms. The molecule has 0 bridgehead atoms. The van der Waals surface area contributed by atoms with Gasteiger partial charge in [-0.25, -0.2) is 0 Å². The van der Waals surface area contributed by atoms with Gasteiger partial charge in [-0.2, -0.15) is 0 Å². The van der Waals surface area contributed by atoms with E-state index in [0.29, 0.717) is 52.1 Å². The van der Waals surface area contributed by atoms with Gasteiger partial charge in [-0.1, -0.05) is 23.9 Å². The van der Waals surface area contributed by atoms with Gasteiger partial charge in [0.2, 0.25) is 0 Å². The highest BCUT2D eigenvalue weighted by Gasteiger charge is 2.22. The van der Waals surface area contributed by atoms with E-state index in [9.17, 15) is 9.59 Å². The van der Waals surface area contributed by atoms with Gasteiger partial charge in [-0.15, -0.1) is 0 Å². The number of carbonyl (C=O) groups excluding carboxylic acids is 2. The Kier molecular flexibility index (Phi) is 8.25. The fourth-order valence-electron chi connectivity index (χ4n) is 3.85. The second-order valence-corrected chi connectivity index (χ2v) is 9.17. The van der Waals surface area contributed by atoms with Gasteiger partial charge in [0.15, 0.2) is 23.0 Å². The molecule has 0 atom stereocenters. The Bertz CT molecular complexity index is 1350. The maximum absolute atomic E-state index is 12.8. The molecule has 192 valence electrons. The van der Waals surface area contributed by atoms with Gasteiger partial charge >= 0.3 is 0 Å². The zero-order valence-corrected chi connectivity index (χ0v) is 21.9. The molecule has 3 aromatic rings. The van der Waals surface area contributed by atoms with E-state index in [1.165, 1.54) is 11.8 Å². The summed E-state index contributed by atoms with van der Waals surface area (Å²) in [6, 6.07) is 16.4. The molecule has 8 nitrogen and oxygen atoms in total. The fraction of sp³-hybridized carbons (Fsp3) is 0.214. The van der Waals surface area contributed by atoms with E-state index in [4.69, 9.17) is 18.9 Å². The Balaban J connectivity index is 1.41. The number of carbonyl (C=O) groups is 2. The van der Waals surface area contributed by atoms with Gasteiger partial charge in [0.05, 0.1) is 39.0 Å². The van der Waals surface area contributed by atoms with Crippen molar-refractivity contribution in [3.05, 3.63) is 76.2 Å². The summed E-state index contributed by atoms with van der Waals surface area (Å²) in [6.07, 6.45) is 2.42. The zero-order valence-electron chi connectivity index (χ0n) is 21.0. The maximum atomic E-state index is 12.8. The molecule has 0 fully saturated rings. The topological polar surface area (TPSA) is 95.1 Å². The monoisotopic (exact) mass is 520 g/mol. The number of thioether (sulfide) groups is 1. The summed E-state index contributed by atoms with van der Waals surface area (Å²) < 4.78 is 21.2. The van der Waals surface area contributed by atoms with Gasteiger partial charge in [0, 0.05) is 17.0 Å². The van der Waals surface area contributed by atoms with Gasteiger partial charge in [0.1, 0.15) is 0 Å². The number of nitrogens with one attached hydrogen (secondary N) is 2. The van der Waals surface area contributed by atoms with Crippen molar-refractivity contribution in [1.29, 1.82) is 0 Å². The third-order valence-electron chi connectivity index (χ3n) is 5.79. The van der Waals surface area contributed by atoms with Crippen LogP contribution in [-0.2, 0) is 11.2 Å². The van der Waals surface area contributed by atoms with Crippen LogP contribution in [0.4, 0.5) is 5.69 Å². The Hall–Kier alpha value is -4.11.